The van der Waals surface area contributed by atoms with Crippen molar-refractivity contribution < 1.29 is 9.90 Å². The van der Waals surface area contributed by atoms with Gasteiger partial charge in [-0.05, 0) is 38.0 Å². The van der Waals surface area contributed by atoms with Crippen LogP contribution in [0.3, 0.4) is 0 Å². The molecule has 16 heavy (non-hydrogen) atoms. The van der Waals surface area contributed by atoms with Gasteiger partial charge >= 0.3 is 5.97 Å². The molecule has 0 amide bonds. The highest BCUT2D eigenvalue weighted by Crippen LogP contribution is 2.50. The van der Waals surface area contributed by atoms with Gasteiger partial charge < -0.3 is 5.11 Å². The molecule has 2 fully saturated rings. The molecular formula is C12H16N2O2. The first-order chi connectivity index (χ1) is 7.65. The van der Waals surface area contributed by atoms with Gasteiger partial charge in [0, 0.05) is 6.20 Å². The minimum absolute atomic E-state index is 0.350. The van der Waals surface area contributed by atoms with Crippen LogP contribution >= 0.6 is 0 Å². The highest BCUT2D eigenvalue weighted by molar-refractivity contribution is 5.88. The van der Waals surface area contributed by atoms with Crippen molar-refractivity contribution in [3.05, 3.63) is 17.5 Å². The van der Waals surface area contributed by atoms with Crippen molar-refractivity contribution >= 4 is 5.97 Å². The van der Waals surface area contributed by atoms with Gasteiger partial charge in [0.05, 0.1) is 11.7 Å². The summed E-state index contributed by atoms with van der Waals surface area (Å²) in [4.78, 5) is 11.0. The van der Waals surface area contributed by atoms with Crippen molar-refractivity contribution in [2.24, 2.45) is 11.8 Å². The molecule has 0 radical (unpaired) electrons. The summed E-state index contributed by atoms with van der Waals surface area (Å²) in [6.07, 6.45) is 6.85. The standard InChI is InChI=1S/C12H16N2O2/c1-7-10(12(15)16)6-14(13-7)11-5-8-2-3-9(11)4-8/h6,8-9,11H,2-5H2,1H3,(H,15,16). The molecular weight excluding hydrogens is 204 g/mol. The third-order valence-corrected chi connectivity index (χ3v) is 4.19. The van der Waals surface area contributed by atoms with Crippen LogP contribution < -0.4 is 0 Å². The second-order valence-corrected chi connectivity index (χ2v) is 5.16. The van der Waals surface area contributed by atoms with E-state index < -0.39 is 5.97 Å². The van der Waals surface area contributed by atoms with Crippen LogP contribution in [0.4, 0.5) is 0 Å². The summed E-state index contributed by atoms with van der Waals surface area (Å²) in [7, 11) is 0. The second-order valence-electron chi connectivity index (χ2n) is 5.16. The van der Waals surface area contributed by atoms with E-state index in [4.69, 9.17) is 5.11 Å². The van der Waals surface area contributed by atoms with E-state index in [-0.39, 0.29) is 0 Å². The number of carboxylic acid groups (broad SMARTS) is 1. The molecule has 3 atom stereocenters. The molecule has 2 aliphatic carbocycles. The molecule has 3 unspecified atom stereocenters. The largest absolute Gasteiger partial charge is 0.478 e. The third kappa shape index (κ3) is 1.36. The summed E-state index contributed by atoms with van der Waals surface area (Å²) >= 11 is 0. The first kappa shape index (κ1) is 9.87. The molecule has 1 N–H and O–H groups in total. The number of aromatic carboxylic acids is 1. The fraction of sp³-hybridized carbons (Fsp3) is 0.667. The topological polar surface area (TPSA) is 55.1 Å². The molecule has 4 heteroatoms. The first-order valence-corrected chi connectivity index (χ1v) is 5.94. The second kappa shape index (κ2) is 3.34. The summed E-state index contributed by atoms with van der Waals surface area (Å²) in [5, 5.41) is 13.4. The number of hydrogen-bond acceptors (Lipinski definition) is 2. The number of aryl methyl sites for hydroxylation is 1. The summed E-state index contributed by atoms with van der Waals surface area (Å²) in [6, 6.07) is 0.450. The average Bonchev–Trinajstić information content (AvgIpc) is 2.89. The predicted octanol–water partition coefficient (Wildman–Crippen LogP) is 2.25. The van der Waals surface area contributed by atoms with Gasteiger partial charge in [-0.3, -0.25) is 4.68 Å². The maximum atomic E-state index is 11.0. The number of fused-ring (bicyclic) bond motifs is 2. The molecule has 1 heterocycles. The Bertz CT molecular complexity index is 438. The molecule has 0 spiro atoms. The Morgan fingerprint density at radius 1 is 1.50 bits per heavy atom. The zero-order valence-electron chi connectivity index (χ0n) is 9.39. The lowest BCUT2D eigenvalue weighted by Gasteiger charge is -2.21. The van der Waals surface area contributed by atoms with Gasteiger partial charge in [-0.1, -0.05) is 6.42 Å². The lowest BCUT2D eigenvalue weighted by molar-refractivity contribution is 0.0696. The number of nitrogens with zero attached hydrogens (tertiary/aromatic N) is 2. The third-order valence-electron chi connectivity index (χ3n) is 4.19. The van der Waals surface area contributed by atoms with Crippen molar-refractivity contribution in [1.29, 1.82) is 0 Å². The Morgan fingerprint density at radius 2 is 2.31 bits per heavy atom. The van der Waals surface area contributed by atoms with E-state index in [1.807, 2.05) is 4.68 Å². The molecule has 0 aromatic carbocycles. The number of carbonyl (C=O) groups is 1. The van der Waals surface area contributed by atoms with Gasteiger partial charge in [-0.2, -0.15) is 5.10 Å². The Kier molecular flexibility index (Phi) is 2.06. The zero-order valence-corrected chi connectivity index (χ0v) is 9.39. The van der Waals surface area contributed by atoms with Gasteiger partial charge in [0.15, 0.2) is 0 Å². The SMILES string of the molecule is Cc1nn(C2CC3CCC2C3)cc1C(=O)O. The van der Waals surface area contributed by atoms with E-state index >= 15 is 0 Å². The van der Waals surface area contributed by atoms with Crippen molar-refractivity contribution in [2.75, 3.05) is 0 Å². The normalized spacial score (nSPS) is 32.2. The van der Waals surface area contributed by atoms with Crippen LogP contribution in [0.15, 0.2) is 6.20 Å². The molecule has 2 aliphatic rings. The molecule has 2 saturated carbocycles. The van der Waals surface area contributed by atoms with Gasteiger partial charge in [0.1, 0.15) is 5.56 Å². The van der Waals surface area contributed by atoms with E-state index in [0.29, 0.717) is 17.3 Å². The van der Waals surface area contributed by atoms with Crippen molar-refractivity contribution in [1.82, 2.24) is 9.78 Å². The van der Waals surface area contributed by atoms with Crippen molar-refractivity contribution in [2.45, 2.75) is 38.6 Å². The van der Waals surface area contributed by atoms with Crippen LogP contribution in [0, 0.1) is 18.8 Å². The summed E-state index contributed by atoms with van der Waals surface area (Å²) < 4.78 is 1.91. The highest BCUT2D eigenvalue weighted by atomic mass is 16.4. The monoisotopic (exact) mass is 220 g/mol. The highest BCUT2D eigenvalue weighted by Gasteiger charge is 2.41. The summed E-state index contributed by atoms with van der Waals surface area (Å²) in [5.74, 6) is 0.714. The van der Waals surface area contributed by atoms with Crippen LogP contribution in [-0.2, 0) is 0 Å². The molecule has 1 aromatic rings. The molecule has 4 nitrogen and oxygen atoms in total. The van der Waals surface area contributed by atoms with Crippen LogP contribution in [0.2, 0.25) is 0 Å². The molecule has 3 rings (SSSR count). The van der Waals surface area contributed by atoms with Gasteiger partial charge in [0.25, 0.3) is 0 Å². The molecule has 0 saturated heterocycles. The van der Waals surface area contributed by atoms with E-state index in [1.165, 1.54) is 25.7 Å². The first-order valence-electron chi connectivity index (χ1n) is 5.94. The molecule has 0 aliphatic heterocycles. The number of aromatic nitrogens is 2. The van der Waals surface area contributed by atoms with Crippen LogP contribution in [0.5, 0.6) is 0 Å². The smallest absolute Gasteiger partial charge is 0.339 e. The zero-order chi connectivity index (χ0) is 11.3. The minimum Gasteiger partial charge on any atom is -0.478 e. The fourth-order valence-corrected chi connectivity index (χ4v) is 3.40. The van der Waals surface area contributed by atoms with E-state index in [1.54, 1.807) is 13.1 Å². The summed E-state index contributed by atoms with van der Waals surface area (Å²) in [6.45, 7) is 1.77. The van der Waals surface area contributed by atoms with Gasteiger partial charge in [0.2, 0.25) is 0 Å². The quantitative estimate of drug-likeness (QED) is 0.831. The molecule has 1 aromatic heterocycles. The van der Waals surface area contributed by atoms with E-state index in [2.05, 4.69) is 5.10 Å². The Labute approximate surface area is 94.3 Å². The maximum Gasteiger partial charge on any atom is 0.339 e. The maximum absolute atomic E-state index is 11.0. The molecule has 86 valence electrons. The number of hydrogen-bond donors (Lipinski definition) is 1. The van der Waals surface area contributed by atoms with Crippen molar-refractivity contribution in [3.63, 3.8) is 0 Å². The van der Waals surface area contributed by atoms with Crippen LogP contribution in [0.25, 0.3) is 0 Å². The van der Waals surface area contributed by atoms with Crippen molar-refractivity contribution in [3.8, 4) is 0 Å². The van der Waals surface area contributed by atoms with Gasteiger partial charge in [-0.25, -0.2) is 4.79 Å². The lowest BCUT2D eigenvalue weighted by atomic mass is 9.96. The predicted molar refractivity (Wildman–Crippen MR) is 58.4 cm³/mol. The minimum atomic E-state index is -0.869. The van der Waals surface area contributed by atoms with Crippen LogP contribution in [0.1, 0.15) is 47.8 Å². The van der Waals surface area contributed by atoms with E-state index in [9.17, 15) is 4.79 Å². The number of rotatable bonds is 2. The Hall–Kier alpha value is -1.32. The number of carboxylic acids is 1. The van der Waals surface area contributed by atoms with Gasteiger partial charge in [-0.15, -0.1) is 0 Å². The fourth-order valence-electron chi connectivity index (χ4n) is 3.40. The van der Waals surface area contributed by atoms with Crippen LogP contribution in [-0.4, -0.2) is 20.9 Å². The molecule has 2 bridgehead atoms. The lowest BCUT2D eigenvalue weighted by Crippen LogP contribution is -2.16. The Balaban J connectivity index is 1.90. The summed E-state index contributed by atoms with van der Waals surface area (Å²) in [5.41, 5.74) is 0.984. The average molecular weight is 220 g/mol. The van der Waals surface area contributed by atoms with E-state index in [0.717, 1.165) is 11.8 Å². The Morgan fingerprint density at radius 3 is 2.81 bits per heavy atom.